The highest BCUT2D eigenvalue weighted by molar-refractivity contribution is 6.16. The van der Waals surface area contributed by atoms with Crippen LogP contribution in [0.4, 0.5) is 34.1 Å². The summed E-state index contributed by atoms with van der Waals surface area (Å²) in [5, 5.41) is 9.16. The lowest BCUT2D eigenvalue weighted by molar-refractivity contribution is 0.670. The molecule has 0 saturated heterocycles. The molecule has 15 rings (SSSR count). The second kappa shape index (κ2) is 16.0. The Morgan fingerprint density at radius 1 is 0.222 bits per heavy atom. The molecule has 2 aromatic heterocycles. The van der Waals surface area contributed by atoms with Crippen molar-refractivity contribution in [3.05, 3.63) is 255 Å². The van der Waals surface area contributed by atoms with Crippen molar-refractivity contribution in [2.75, 3.05) is 9.80 Å². The third-order valence-corrected chi connectivity index (χ3v) is 14.7. The molecule has 0 bridgehead atoms. The third kappa shape index (κ3) is 6.26. The molecule has 4 heteroatoms. The van der Waals surface area contributed by atoms with E-state index in [0.29, 0.717) is 0 Å². The average molecular weight is 919 g/mol. The lowest BCUT2D eigenvalue weighted by Gasteiger charge is -2.28. The molecule has 336 valence electrons. The Labute approximate surface area is 415 Å². The molecular weight excluding hydrogens is 877 g/mol. The fraction of sp³-hybridized carbons (Fsp3) is 0. The molecule has 0 amide bonds. The van der Waals surface area contributed by atoms with Crippen LogP contribution in [0.5, 0.6) is 0 Å². The van der Waals surface area contributed by atoms with E-state index in [9.17, 15) is 0 Å². The summed E-state index contributed by atoms with van der Waals surface area (Å²) in [6.07, 6.45) is 0. The second-order valence-corrected chi connectivity index (χ2v) is 18.8. The zero-order valence-corrected chi connectivity index (χ0v) is 39.0. The van der Waals surface area contributed by atoms with Gasteiger partial charge in [0, 0.05) is 55.4 Å². The summed E-state index contributed by atoms with van der Waals surface area (Å²) in [4.78, 5) is 4.67. The van der Waals surface area contributed by atoms with Gasteiger partial charge in [0.1, 0.15) is 11.2 Å². The van der Waals surface area contributed by atoms with Crippen LogP contribution in [0.2, 0.25) is 0 Å². The van der Waals surface area contributed by atoms with Gasteiger partial charge in [0.05, 0.1) is 11.4 Å². The molecule has 72 heavy (non-hydrogen) atoms. The molecule has 0 atom stereocenters. The van der Waals surface area contributed by atoms with E-state index in [2.05, 4.69) is 265 Å². The van der Waals surface area contributed by atoms with Gasteiger partial charge in [-0.3, -0.25) is 0 Å². The van der Waals surface area contributed by atoms with E-state index >= 15 is 0 Å². The van der Waals surface area contributed by atoms with Gasteiger partial charge < -0.3 is 18.6 Å². The first-order valence-corrected chi connectivity index (χ1v) is 24.6. The van der Waals surface area contributed by atoms with Crippen LogP contribution in [0.15, 0.2) is 264 Å². The van der Waals surface area contributed by atoms with Crippen LogP contribution in [-0.4, -0.2) is 0 Å². The van der Waals surface area contributed by atoms with Crippen LogP contribution in [0.25, 0.3) is 110 Å². The molecule has 1 aliphatic carbocycles. The van der Waals surface area contributed by atoms with Crippen molar-refractivity contribution in [2.45, 2.75) is 0 Å². The maximum absolute atomic E-state index is 6.96. The summed E-state index contributed by atoms with van der Waals surface area (Å²) in [5.41, 5.74) is 19.3. The van der Waals surface area contributed by atoms with E-state index in [1.807, 2.05) is 0 Å². The summed E-state index contributed by atoms with van der Waals surface area (Å²) in [5.74, 6) is 0. The molecule has 0 spiro atoms. The Kier molecular flexibility index (Phi) is 8.92. The Balaban J connectivity index is 0.821. The minimum absolute atomic E-state index is 0.858. The number of hydrogen-bond acceptors (Lipinski definition) is 4. The lowest BCUT2D eigenvalue weighted by atomic mass is 9.78. The number of hydrogen-bond donors (Lipinski definition) is 0. The standard InChI is InChI=1S/C68H42N2O2/c1-5-17-43(18-6-1)53-25-13-27-55-57-29-15-31-63(67(57)71-65(53)55)69(49-21-9-3-10-22-49)51-35-33-45-39-59-61(41-47(45)37-51)60-40-46-34-36-52(38-48(46)42-62(59)60)70(50-23-11-4-12-24-50)64-32-16-30-58-56-28-14-26-54(66(56)72-68(58)64)44-19-7-2-8-20-44/h1-42H. The molecule has 12 aromatic carbocycles. The highest BCUT2D eigenvalue weighted by atomic mass is 16.3. The predicted molar refractivity (Wildman–Crippen MR) is 301 cm³/mol. The monoisotopic (exact) mass is 918 g/mol. The van der Waals surface area contributed by atoms with Gasteiger partial charge in [-0.1, -0.05) is 170 Å². The van der Waals surface area contributed by atoms with Gasteiger partial charge in [-0.2, -0.15) is 0 Å². The molecule has 0 saturated carbocycles. The quantitative estimate of drug-likeness (QED) is 0.152. The number of furan rings is 2. The first-order chi connectivity index (χ1) is 35.7. The van der Waals surface area contributed by atoms with Crippen LogP contribution in [-0.2, 0) is 0 Å². The molecule has 0 N–H and O–H groups in total. The van der Waals surface area contributed by atoms with Crippen molar-refractivity contribution in [3.63, 3.8) is 0 Å². The number of para-hydroxylation sites is 6. The fourth-order valence-corrected chi connectivity index (χ4v) is 11.3. The largest absolute Gasteiger partial charge is 0.453 e. The predicted octanol–water partition coefficient (Wildman–Crippen LogP) is 19.7. The van der Waals surface area contributed by atoms with Crippen molar-refractivity contribution in [2.24, 2.45) is 0 Å². The Hall–Kier alpha value is -9.64. The first kappa shape index (κ1) is 40.3. The number of nitrogens with zero attached hydrogens (tertiary/aromatic N) is 2. The zero-order valence-electron chi connectivity index (χ0n) is 39.0. The highest BCUT2D eigenvalue weighted by Crippen LogP contribution is 2.52. The van der Waals surface area contributed by atoms with Gasteiger partial charge in [0.15, 0.2) is 11.2 Å². The summed E-state index contributed by atoms with van der Waals surface area (Å²) in [7, 11) is 0. The summed E-state index contributed by atoms with van der Waals surface area (Å²) in [6, 6.07) is 91.3. The van der Waals surface area contributed by atoms with E-state index in [0.717, 1.165) is 100 Å². The van der Waals surface area contributed by atoms with E-state index in [-0.39, 0.29) is 0 Å². The highest BCUT2D eigenvalue weighted by Gasteiger charge is 2.27. The van der Waals surface area contributed by atoms with Gasteiger partial charge in [-0.15, -0.1) is 0 Å². The van der Waals surface area contributed by atoms with E-state index in [1.54, 1.807) is 0 Å². The van der Waals surface area contributed by atoms with Gasteiger partial charge in [0.25, 0.3) is 0 Å². The smallest absolute Gasteiger partial charge is 0.159 e. The lowest BCUT2D eigenvalue weighted by Crippen LogP contribution is -2.10. The van der Waals surface area contributed by atoms with Crippen LogP contribution in [0.1, 0.15) is 0 Å². The Morgan fingerprint density at radius 2 is 0.569 bits per heavy atom. The molecule has 2 heterocycles. The zero-order chi connectivity index (χ0) is 47.3. The topological polar surface area (TPSA) is 32.8 Å². The summed E-state index contributed by atoms with van der Waals surface area (Å²) >= 11 is 0. The summed E-state index contributed by atoms with van der Waals surface area (Å²) in [6.45, 7) is 0. The normalized spacial score (nSPS) is 11.9. The fourth-order valence-electron chi connectivity index (χ4n) is 11.3. The Bertz CT molecular complexity index is 4140. The molecular formula is C68H42N2O2. The van der Waals surface area contributed by atoms with Crippen molar-refractivity contribution >= 4 is 99.5 Å². The van der Waals surface area contributed by atoms with Gasteiger partial charge in [-0.25, -0.2) is 0 Å². The van der Waals surface area contributed by atoms with Crippen LogP contribution in [0, 0.1) is 0 Å². The van der Waals surface area contributed by atoms with Crippen molar-refractivity contribution in [3.8, 4) is 44.5 Å². The minimum atomic E-state index is 0.858. The van der Waals surface area contributed by atoms with Crippen LogP contribution < -0.4 is 9.80 Å². The molecule has 0 aliphatic heterocycles. The number of fused-ring (bicyclic) bond motifs is 12. The van der Waals surface area contributed by atoms with Crippen LogP contribution in [0.3, 0.4) is 0 Å². The van der Waals surface area contributed by atoms with Crippen LogP contribution >= 0.6 is 0 Å². The molecule has 4 nitrogen and oxygen atoms in total. The number of rotatable bonds is 8. The SMILES string of the molecule is c1ccc(-c2cccc3c2oc2c(N(c4ccccc4)c4ccc5cc6c(cc5c4)-c4cc5ccc(N(c7ccccc7)c7cccc8c7oc7c(-c9ccccc9)cccc78)cc5cc4-6)cccc23)cc1. The van der Waals surface area contributed by atoms with E-state index < -0.39 is 0 Å². The third-order valence-electron chi connectivity index (χ3n) is 14.7. The number of anilines is 6. The first-order valence-electron chi connectivity index (χ1n) is 24.6. The van der Waals surface area contributed by atoms with Crippen molar-refractivity contribution in [1.29, 1.82) is 0 Å². The van der Waals surface area contributed by atoms with E-state index in [4.69, 9.17) is 8.83 Å². The minimum Gasteiger partial charge on any atom is -0.453 e. The maximum atomic E-state index is 6.96. The maximum Gasteiger partial charge on any atom is 0.159 e. The summed E-state index contributed by atoms with van der Waals surface area (Å²) < 4.78 is 13.9. The molecule has 0 unspecified atom stereocenters. The van der Waals surface area contributed by atoms with Gasteiger partial charge in [0.2, 0.25) is 0 Å². The van der Waals surface area contributed by atoms with Gasteiger partial charge in [-0.05, 0) is 140 Å². The van der Waals surface area contributed by atoms with Crippen molar-refractivity contribution in [1.82, 2.24) is 0 Å². The van der Waals surface area contributed by atoms with E-state index in [1.165, 1.54) is 43.8 Å². The average Bonchev–Trinajstić information content (AvgIpc) is 4.03. The van der Waals surface area contributed by atoms with Crippen molar-refractivity contribution < 1.29 is 8.83 Å². The second-order valence-electron chi connectivity index (χ2n) is 18.8. The molecule has 14 aromatic rings. The molecule has 1 aliphatic rings. The Morgan fingerprint density at radius 3 is 0.972 bits per heavy atom. The molecule has 0 radical (unpaired) electrons. The van der Waals surface area contributed by atoms with Gasteiger partial charge >= 0.3 is 0 Å². The number of benzene rings is 12. The molecule has 0 fully saturated rings.